The van der Waals surface area contributed by atoms with E-state index < -0.39 is 11.9 Å². The third-order valence-electron chi connectivity index (χ3n) is 7.26. The normalized spacial score (nSPS) is 65.1. The predicted octanol–water partition coefficient (Wildman–Crippen LogP) is 1.17. The molecule has 0 radical (unpaired) electrons. The topological polar surface area (TPSA) is 74.6 Å². The SMILES string of the molecule is O=C(O)C1[C@@H]2C[C@H]3C4C2C2C4[C@H](C[C@@H]21)C3C(=O)O. The summed E-state index contributed by atoms with van der Waals surface area (Å²) in [5.74, 6) is 1.92. The standard InChI is InChI=1S/C14H16O4/c15-13(16)7-3-1-4-8(14(17)18)6-2-5(7)11-9(3)10(4)12(6)11/h3-12H,1-2H2,(H,15,16)(H,17,18)/t3-,4-,5-,6+,7?,8?,9?,10?,11?,12?/m1/s1. The largest absolute Gasteiger partial charge is 0.481 e. The van der Waals surface area contributed by atoms with E-state index in [0.29, 0.717) is 47.3 Å². The van der Waals surface area contributed by atoms with E-state index in [9.17, 15) is 19.8 Å². The molecule has 5 rings (SSSR count). The summed E-state index contributed by atoms with van der Waals surface area (Å²) >= 11 is 0. The van der Waals surface area contributed by atoms with Gasteiger partial charge in [-0.3, -0.25) is 9.59 Å². The number of hydrogen-bond acceptors (Lipinski definition) is 2. The molecular weight excluding hydrogens is 232 g/mol. The molecule has 0 saturated heterocycles. The van der Waals surface area contributed by atoms with Gasteiger partial charge in [0.1, 0.15) is 0 Å². The summed E-state index contributed by atoms with van der Waals surface area (Å²) in [6.07, 6.45) is 1.76. The zero-order valence-corrected chi connectivity index (χ0v) is 9.90. The smallest absolute Gasteiger partial charge is 0.307 e. The van der Waals surface area contributed by atoms with Crippen LogP contribution in [0.3, 0.4) is 0 Å². The van der Waals surface area contributed by atoms with Gasteiger partial charge < -0.3 is 10.2 Å². The van der Waals surface area contributed by atoms with E-state index in [1.54, 1.807) is 0 Å². The third-order valence-corrected chi connectivity index (χ3v) is 7.26. The monoisotopic (exact) mass is 248 g/mol. The van der Waals surface area contributed by atoms with Gasteiger partial charge in [-0.1, -0.05) is 0 Å². The second-order valence-corrected chi connectivity index (χ2v) is 7.16. The minimum Gasteiger partial charge on any atom is -0.481 e. The quantitative estimate of drug-likeness (QED) is 0.769. The Bertz CT molecular complexity index is 406. The molecule has 4 heteroatoms. The van der Waals surface area contributed by atoms with Crippen LogP contribution in [0.4, 0.5) is 0 Å². The van der Waals surface area contributed by atoms with Gasteiger partial charge in [0.15, 0.2) is 0 Å². The molecule has 5 aliphatic rings. The first-order valence-electron chi connectivity index (χ1n) is 7.07. The molecule has 4 nitrogen and oxygen atoms in total. The van der Waals surface area contributed by atoms with Crippen molar-refractivity contribution in [3.8, 4) is 0 Å². The number of carbonyl (C=O) groups is 2. The van der Waals surface area contributed by atoms with E-state index in [1.165, 1.54) is 0 Å². The van der Waals surface area contributed by atoms with Crippen LogP contribution in [0, 0.1) is 59.2 Å². The summed E-state index contributed by atoms with van der Waals surface area (Å²) in [6.45, 7) is 0. The minimum absolute atomic E-state index is 0.155. The number of aliphatic carboxylic acids is 2. The van der Waals surface area contributed by atoms with Crippen molar-refractivity contribution < 1.29 is 19.8 Å². The van der Waals surface area contributed by atoms with Crippen molar-refractivity contribution in [2.24, 2.45) is 59.2 Å². The van der Waals surface area contributed by atoms with E-state index in [-0.39, 0.29) is 11.8 Å². The molecular formula is C14H16O4. The van der Waals surface area contributed by atoms with Crippen LogP contribution in [-0.2, 0) is 9.59 Å². The maximum Gasteiger partial charge on any atom is 0.307 e. The molecule has 2 N–H and O–H groups in total. The Labute approximate surface area is 104 Å². The zero-order valence-electron chi connectivity index (χ0n) is 9.90. The lowest BCUT2D eigenvalue weighted by atomic mass is 9.60. The molecule has 10 atom stereocenters. The lowest BCUT2D eigenvalue weighted by Gasteiger charge is -2.44. The number of hydrogen-bond donors (Lipinski definition) is 2. The van der Waals surface area contributed by atoms with Gasteiger partial charge in [-0.15, -0.1) is 0 Å². The van der Waals surface area contributed by atoms with Crippen molar-refractivity contribution >= 4 is 11.9 Å². The van der Waals surface area contributed by atoms with E-state index in [4.69, 9.17) is 0 Å². The molecule has 0 aromatic rings. The summed E-state index contributed by atoms with van der Waals surface area (Å²) in [5.41, 5.74) is 0. The van der Waals surface area contributed by atoms with Gasteiger partial charge in [0.25, 0.3) is 0 Å². The molecule has 5 fully saturated rings. The van der Waals surface area contributed by atoms with Gasteiger partial charge in [0, 0.05) is 0 Å². The second kappa shape index (κ2) is 2.61. The minimum atomic E-state index is -0.619. The van der Waals surface area contributed by atoms with Gasteiger partial charge in [-0.05, 0) is 60.2 Å². The molecule has 96 valence electrons. The predicted molar refractivity (Wildman–Crippen MR) is 59.4 cm³/mol. The average Bonchev–Trinajstić information content (AvgIpc) is 2.71. The van der Waals surface area contributed by atoms with Crippen molar-refractivity contribution in [1.29, 1.82) is 0 Å². The number of carboxylic acid groups (broad SMARTS) is 2. The number of rotatable bonds is 2. The maximum absolute atomic E-state index is 11.5. The van der Waals surface area contributed by atoms with Crippen LogP contribution in [0.2, 0.25) is 0 Å². The van der Waals surface area contributed by atoms with E-state index in [0.717, 1.165) is 12.8 Å². The fraction of sp³-hybridized carbons (Fsp3) is 0.857. The lowest BCUT2D eigenvalue weighted by molar-refractivity contribution is -0.146. The fourth-order valence-corrected chi connectivity index (χ4v) is 7.33. The zero-order chi connectivity index (χ0) is 12.3. The molecule has 0 spiro atoms. The first kappa shape index (κ1) is 9.82. The van der Waals surface area contributed by atoms with Crippen LogP contribution in [0.5, 0.6) is 0 Å². The van der Waals surface area contributed by atoms with Crippen LogP contribution >= 0.6 is 0 Å². The molecule has 0 aromatic carbocycles. The van der Waals surface area contributed by atoms with Crippen LogP contribution in [0.1, 0.15) is 12.8 Å². The summed E-state index contributed by atoms with van der Waals surface area (Å²) in [4.78, 5) is 23.0. The average molecular weight is 248 g/mol. The first-order valence-corrected chi connectivity index (χ1v) is 7.07. The molecule has 0 heterocycles. The maximum atomic E-state index is 11.5. The molecule has 6 unspecified atom stereocenters. The Morgan fingerprint density at radius 3 is 1.17 bits per heavy atom. The summed E-state index contributed by atoms with van der Waals surface area (Å²) in [5, 5.41) is 19.0. The highest BCUT2D eigenvalue weighted by atomic mass is 16.4. The molecule has 5 aliphatic carbocycles. The van der Waals surface area contributed by atoms with Gasteiger partial charge in [-0.2, -0.15) is 0 Å². The van der Waals surface area contributed by atoms with E-state index in [1.807, 2.05) is 0 Å². The lowest BCUT2D eigenvalue weighted by Crippen LogP contribution is -2.41. The molecule has 18 heavy (non-hydrogen) atoms. The highest BCUT2D eigenvalue weighted by molar-refractivity contribution is 5.75. The van der Waals surface area contributed by atoms with Gasteiger partial charge in [0.05, 0.1) is 11.8 Å². The van der Waals surface area contributed by atoms with Gasteiger partial charge in [0.2, 0.25) is 0 Å². The van der Waals surface area contributed by atoms with Crippen molar-refractivity contribution in [2.45, 2.75) is 12.8 Å². The highest BCUT2D eigenvalue weighted by Crippen LogP contribution is 2.82. The Morgan fingerprint density at radius 1 is 0.667 bits per heavy atom. The van der Waals surface area contributed by atoms with E-state index in [2.05, 4.69) is 0 Å². The first-order chi connectivity index (χ1) is 8.61. The van der Waals surface area contributed by atoms with Crippen LogP contribution in [-0.4, -0.2) is 22.2 Å². The van der Waals surface area contributed by atoms with Crippen molar-refractivity contribution in [2.75, 3.05) is 0 Å². The van der Waals surface area contributed by atoms with E-state index >= 15 is 0 Å². The second-order valence-electron chi connectivity index (χ2n) is 7.16. The fourth-order valence-electron chi connectivity index (χ4n) is 7.33. The molecule has 0 bridgehead atoms. The van der Waals surface area contributed by atoms with Gasteiger partial charge in [-0.25, -0.2) is 0 Å². The Balaban J connectivity index is 1.65. The van der Waals surface area contributed by atoms with Crippen molar-refractivity contribution in [3.05, 3.63) is 0 Å². The Hall–Kier alpha value is -1.06. The summed E-state index contributed by atoms with van der Waals surface area (Å²) < 4.78 is 0. The molecule has 0 aromatic heterocycles. The highest BCUT2D eigenvalue weighted by Gasteiger charge is 2.80. The molecule has 0 amide bonds. The Morgan fingerprint density at radius 2 is 0.944 bits per heavy atom. The van der Waals surface area contributed by atoms with Crippen molar-refractivity contribution in [3.63, 3.8) is 0 Å². The summed E-state index contributed by atoms with van der Waals surface area (Å²) in [6, 6.07) is 0. The van der Waals surface area contributed by atoms with Crippen LogP contribution < -0.4 is 0 Å². The Kier molecular flexibility index (Phi) is 1.42. The third kappa shape index (κ3) is 0.733. The molecule has 0 aliphatic heterocycles. The van der Waals surface area contributed by atoms with Crippen LogP contribution in [0.15, 0.2) is 0 Å². The summed E-state index contributed by atoms with van der Waals surface area (Å²) in [7, 11) is 0. The van der Waals surface area contributed by atoms with Gasteiger partial charge >= 0.3 is 11.9 Å². The van der Waals surface area contributed by atoms with Crippen LogP contribution in [0.25, 0.3) is 0 Å². The molecule has 5 saturated carbocycles. The van der Waals surface area contributed by atoms with Crippen molar-refractivity contribution in [1.82, 2.24) is 0 Å². The number of carboxylic acids is 2.